The topological polar surface area (TPSA) is 21.3 Å². The van der Waals surface area contributed by atoms with E-state index in [1.165, 1.54) is 11.6 Å². The average molecular weight is 485 g/mol. The fraction of sp³-hybridized carbons (Fsp3) is 0.182. The Morgan fingerprint density at radius 2 is 1.71 bits per heavy atom. The summed E-state index contributed by atoms with van der Waals surface area (Å²) in [6, 6.07) is 20.4. The molecule has 0 aromatic heterocycles. The lowest BCUT2D eigenvalue weighted by Gasteiger charge is -2.13. The van der Waals surface area contributed by atoms with Gasteiger partial charge in [0.25, 0.3) is 0 Å². The van der Waals surface area contributed by atoms with E-state index in [0.717, 1.165) is 33.8 Å². The third kappa shape index (κ3) is 6.78. The fourth-order valence-electron chi connectivity index (χ4n) is 2.70. The van der Waals surface area contributed by atoms with Gasteiger partial charge in [0.1, 0.15) is 18.2 Å². The van der Waals surface area contributed by atoms with Crippen molar-refractivity contribution in [3.05, 3.63) is 98.7 Å². The molecule has 3 aromatic rings. The summed E-state index contributed by atoms with van der Waals surface area (Å²) in [6.07, 6.45) is 0.913. The van der Waals surface area contributed by atoms with Crippen molar-refractivity contribution in [3.63, 3.8) is 0 Å². The van der Waals surface area contributed by atoms with E-state index in [4.69, 9.17) is 16.3 Å². The zero-order valence-corrected chi connectivity index (χ0v) is 18.3. The van der Waals surface area contributed by atoms with Gasteiger partial charge in [-0.1, -0.05) is 57.9 Å². The second-order valence-corrected chi connectivity index (χ2v) is 7.54. The number of benzene rings is 3. The molecule has 0 fully saturated rings. The number of ether oxygens (including phenoxy) is 1. The number of nitrogens with one attached hydrogen (secondary N) is 1. The van der Waals surface area contributed by atoms with Crippen molar-refractivity contribution >= 4 is 39.9 Å². The number of hydrogen-bond acceptors (Lipinski definition) is 2. The van der Waals surface area contributed by atoms with Crippen molar-refractivity contribution in [1.82, 2.24) is 5.32 Å². The van der Waals surface area contributed by atoms with E-state index in [2.05, 4.69) is 21.2 Å². The molecule has 0 saturated carbocycles. The Morgan fingerprint density at radius 1 is 0.964 bits per heavy atom. The minimum Gasteiger partial charge on any atom is -0.488 e. The first-order valence-corrected chi connectivity index (χ1v) is 9.89. The Labute approximate surface area is 184 Å². The van der Waals surface area contributed by atoms with Crippen molar-refractivity contribution in [3.8, 4) is 5.75 Å². The van der Waals surface area contributed by atoms with Crippen LogP contribution in [0.25, 0.3) is 0 Å². The maximum Gasteiger partial charge on any atom is 0.129 e. The van der Waals surface area contributed by atoms with Gasteiger partial charge in [-0.25, -0.2) is 4.39 Å². The molecule has 3 aromatic carbocycles. The summed E-state index contributed by atoms with van der Waals surface area (Å²) < 4.78 is 20.6. The highest BCUT2D eigenvalue weighted by molar-refractivity contribution is 9.10. The van der Waals surface area contributed by atoms with Crippen molar-refractivity contribution in [1.29, 1.82) is 0 Å². The summed E-state index contributed by atoms with van der Waals surface area (Å²) in [5.41, 5.74) is 2.80. The molecule has 0 aliphatic heterocycles. The Morgan fingerprint density at radius 3 is 2.46 bits per heavy atom. The van der Waals surface area contributed by atoms with Crippen LogP contribution in [-0.2, 0) is 19.6 Å². The normalized spacial score (nSPS) is 10.4. The first kappa shape index (κ1) is 22.7. The van der Waals surface area contributed by atoms with Crippen LogP contribution in [0.5, 0.6) is 5.75 Å². The van der Waals surface area contributed by atoms with Gasteiger partial charge >= 0.3 is 0 Å². The lowest BCUT2D eigenvalue weighted by atomic mass is 10.1. The Balaban J connectivity index is 0.00000280. The lowest BCUT2D eigenvalue weighted by molar-refractivity contribution is 0.296. The summed E-state index contributed by atoms with van der Waals surface area (Å²) in [4.78, 5) is 0. The second kappa shape index (κ2) is 11.4. The van der Waals surface area contributed by atoms with Gasteiger partial charge in [-0.15, -0.1) is 12.4 Å². The van der Waals surface area contributed by atoms with E-state index in [0.29, 0.717) is 12.1 Å². The minimum absolute atomic E-state index is 0. The van der Waals surface area contributed by atoms with Crippen LogP contribution in [0.4, 0.5) is 4.39 Å². The molecule has 0 spiro atoms. The summed E-state index contributed by atoms with van der Waals surface area (Å²) >= 11 is 9.41. The van der Waals surface area contributed by atoms with Gasteiger partial charge in [0.2, 0.25) is 0 Å². The van der Waals surface area contributed by atoms with Crippen LogP contribution in [0.15, 0.2) is 71.2 Å². The van der Waals surface area contributed by atoms with Crippen LogP contribution in [0, 0.1) is 5.82 Å². The number of hydrogen-bond donors (Lipinski definition) is 1. The molecule has 0 bridgehead atoms. The summed E-state index contributed by atoms with van der Waals surface area (Å²) in [6.45, 7) is 1.70. The molecular formula is C22H21BrCl2FNO. The van der Waals surface area contributed by atoms with Crippen LogP contribution in [0.1, 0.15) is 16.7 Å². The molecule has 0 atom stereocenters. The predicted molar refractivity (Wildman–Crippen MR) is 119 cm³/mol. The van der Waals surface area contributed by atoms with Crippen LogP contribution in [-0.4, -0.2) is 6.54 Å². The van der Waals surface area contributed by atoms with Crippen molar-refractivity contribution in [2.45, 2.75) is 19.6 Å². The molecule has 3 rings (SSSR count). The summed E-state index contributed by atoms with van der Waals surface area (Å²) in [7, 11) is 0. The molecule has 0 radical (unpaired) electrons. The monoisotopic (exact) mass is 483 g/mol. The van der Waals surface area contributed by atoms with E-state index in [-0.39, 0.29) is 24.8 Å². The third-order valence-electron chi connectivity index (χ3n) is 4.18. The van der Waals surface area contributed by atoms with Gasteiger partial charge in [-0.2, -0.15) is 0 Å². The van der Waals surface area contributed by atoms with Crippen LogP contribution in [0.2, 0.25) is 5.02 Å². The van der Waals surface area contributed by atoms with Crippen LogP contribution in [0.3, 0.4) is 0 Å². The molecule has 28 heavy (non-hydrogen) atoms. The standard InChI is InChI=1S/C22H20BrClFNO.ClH/c23-19-7-10-22(27-15-17-3-1-2-4-21(17)25)18(13-19)14-26-12-11-16-5-8-20(24)9-6-16;/h1-10,13,26H,11-12,14-15H2;1H. The van der Waals surface area contributed by atoms with Gasteiger partial charge < -0.3 is 10.1 Å². The lowest BCUT2D eigenvalue weighted by Crippen LogP contribution is -2.17. The van der Waals surface area contributed by atoms with E-state index in [1.807, 2.05) is 48.5 Å². The molecule has 0 aliphatic rings. The zero-order valence-electron chi connectivity index (χ0n) is 15.1. The highest BCUT2D eigenvalue weighted by Crippen LogP contribution is 2.24. The molecule has 0 saturated heterocycles. The van der Waals surface area contributed by atoms with Crippen molar-refractivity contribution in [2.24, 2.45) is 0 Å². The third-order valence-corrected chi connectivity index (χ3v) is 4.93. The minimum atomic E-state index is -0.253. The van der Waals surface area contributed by atoms with Crippen LogP contribution >= 0.6 is 39.9 Å². The first-order chi connectivity index (χ1) is 13.1. The molecule has 0 heterocycles. The number of rotatable bonds is 8. The smallest absolute Gasteiger partial charge is 0.129 e. The van der Waals surface area contributed by atoms with Gasteiger partial charge in [-0.05, 0) is 54.9 Å². The van der Waals surface area contributed by atoms with E-state index in [1.54, 1.807) is 12.1 Å². The molecule has 0 unspecified atom stereocenters. The summed E-state index contributed by atoms with van der Waals surface area (Å²) in [5, 5.41) is 4.18. The van der Waals surface area contributed by atoms with Crippen molar-refractivity contribution in [2.75, 3.05) is 6.54 Å². The molecule has 1 N–H and O–H groups in total. The van der Waals surface area contributed by atoms with Crippen molar-refractivity contribution < 1.29 is 9.13 Å². The average Bonchev–Trinajstić information content (AvgIpc) is 2.67. The highest BCUT2D eigenvalue weighted by Gasteiger charge is 2.07. The van der Waals surface area contributed by atoms with Gasteiger partial charge in [0, 0.05) is 27.2 Å². The SMILES string of the molecule is Cl.Fc1ccccc1COc1ccc(Br)cc1CNCCc1ccc(Cl)cc1. The highest BCUT2D eigenvalue weighted by atomic mass is 79.9. The second-order valence-electron chi connectivity index (χ2n) is 6.19. The molecule has 0 amide bonds. The Kier molecular flexibility index (Phi) is 9.26. The van der Waals surface area contributed by atoms with E-state index < -0.39 is 0 Å². The molecular weight excluding hydrogens is 464 g/mol. The molecule has 2 nitrogen and oxygen atoms in total. The Hall–Kier alpha value is -1.59. The quantitative estimate of drug-likeness (QED) is 0.365. The van der Waals surface area contributed by atoms with E-state index >= 15 is 0 Å². The van der Waals surface area contributed by atoms with E-state index in [9.17, 15) is 4.39 Å². The van der Waals surface area contributed by atoms with Gasteiger partial charge in [0.15, 0.2) is 0 Å². The summed E-state index contributed by atoms with van der Waals surface area (Å²) in [5.74, 6) is 0.498. The largest absolute Gasteiger partial charge is 0.488 e. The molecule has 6 heteroatoms. The van der Waals surface area contributed by atoms with Crippen LogP contribution < -0.4 is 10.1 Å². The number of halogens is 4. The maximum atomic E-state index is 13.8. The molecule has 0 aliphatic carbocycles. The maximum absolute atomic E-state index is 13.8. The first-order valence-electron chi connectivity index (χ1n) is 8.71. The fourth-order valence-corrected chi connectivity index (χ4v) is 3.24. The van der Waals surface area contributed by atoms with Gasteiger partial charge in [-0.3, -0.25) is 0 Å². The molecule has 148 valence electrons. The Bertz CT molecular complexity index is 890. The predicted octanol–water partition coefficient (Wildman–Crippen LogP) is 6.57. The van der Waals surface area contributed by atoms with Gasteiger partial charge in [0.05, 0.1) is 0 Å². The zero-order chi connectivity index (χ0) is 19.1.